The van der Waals surface area contributed by atoms with E-state index in [1.165, 1.54) is 25.7 Å². The molecule has 4 heteroatoms. The third-order valence-corrected chi connectivity index (χ3v) is 8.26. The Balaban J connectivity index is 0.000000249. The van der Waals surface area contributed by atoms with Gasteiger partial charge in [0.15, 0.2) is 5.76 Å². The summed E-state index contributed by atoms with van der Waals surface area (Å²) in [5.41, 5.74) is 0.743. The predicted octanol–water partition coefficient (Wildman–Crippen LogP) is 6.29. The number of benzene rings is 2. The maximum Gasteiger partial charge on any atom is 0.235 e. The van der Waals surface area contributed by atoms with Gasteiger partial charge in [0.1, 0.15) is 5.58 Å². The van der Waals surface area contributed by atoms with Crippen molar-refractivity contribution in [3.63, 3.8) is 0 Å². The molecule has 0 aliphatic rings. The number of hydrogen-bond acceptors (Lipinski definition) is 3. The molecule has 1 aromatic heterocycles. The standard InChI is InChI=1S/C15H10O3.2C4H9.Sn/c16-13-11-8-4-5-9-12(11)18-15(14(13)17)10-6-2-1-3-7-10;2*1-3-4-2;/h1-9,17H;2*1,3-4H2,2H3;/q;;;+2. The monoisotopic (exact) mass is 472 g/mol. The summed E-state index contributed by atoms with van der Waals surface area (Å²) in [6, 6.07) is 15.9. The van der Waals surface area contributed by atoms with E-state index in [1.807, 2.05) is 18.2 Å². The summed E-state index contributed by atoms with van der Waals surface area (Å²) in [4.78, 5) is 12.0. The van der Waals surface area contributed by atoms with E-state index in [9.17, 15) is 9.90 Å². The summed E-state index contributed by atoms with van der Waals surface area (Å²) in [5, 5.41) is 10.3. The van der Waals surface area contributed by atoms with Crippen molar-refractivity contribution in [2.45, 2.75) is 48.4 Å². The average molecular weight is 471 g/mol. The summed E-state index contributed by atoms with van der Waals surface area (Å²) in [5.74, 6) is -0.140. The third-order valence-electron chi connectivity index (χ3n) is 4.22. The summed E-state index contributed by atoms with van der Waals surface area (Å²) >= 11 is 0.149. The van der Waals surface area contributed by atoms with Crippen LogP contribution in [-0.2, 0) is 0 Å². The van der Waals surface area contributed by atoms with Crippen molar-refractivity contribution >= 4 is 32.1 Å². The molecule has 3 aromatic rings. The van der Waals surface area contributed by atoms with Gasteiger partial charge in [0.25, 0.3) is 0 Å². The number of fused-ring (bicyclic) bond motifs is 1. The first-order valence-corrected chi connectivity index (χ1v) is 13.7. The van der Waals surface area contributed by atoms with Crippen LogP contribution in [0.2, 0.25) is 8.87 Å². The van der Waals surface area contributed by atoms with E-state index in [-0.39, 0.29) is 32.7 Å². The zero-order valence-electron chi connectivity index (χ0n) is 16.2. The van der Waals surface area contributed by atoms with E-state index in [0.717, 1.165) is 0 Å². The van der Waals surface area contributed by atoms with Crippen LogP contribution in [0.1, 0.15) is 39.5 Å². The van der Waals surface area contributed by atoms with E-state index >= 15 is 0 Å². The van der Waals surface area contributed by atoms with Gasteiger partial charge in [0.2, 0.25) is 11.2 Å². The minimum Gasteiger partial charge on any atom is -0.502 e. The molecule has 3 nitrogen and oxygen atoms in total. The van der Waals surface area contributed by atoms with Gasteiger partial charge in [-0.15, -0.1) is 0 Å². The van der Waals surface area contributed by atoms with Crippen molar-refractivity contribution in [3.05, 3.63) is 64.8 Å². The molecule has 3 rings (SSSR count). The van der Waals surface area contributed by atoms with Gasteiger partial charge in [-0.1, -0.05) is 42.5 Å². The zero-order chi connectivity index (χ0) is 19.5. The van der Waals surface area contributed by atoms with Crippen molar-refractivity contribution in [1.29, 1.82) is 0 Å². The molecule has 0 radical (unpaired) electrons. The molecule has 0 saturated carbocycles. The molecular formula is C23H28O3Sn+2. The van der Waals surface area contributed by atoms with Gasteiger partial charge in [-0.3, -0.25) is 4.79 Å². The van der Waals surface area contributed by atoms with Crippen LogP contribution >= 0.6 is 0 Å². The second-order valence-electron chi connectivity index (χ2n) is 6.43. The van der Waals surface area contributed by atoms with E-state index in [4.69, 9.17) is 4.42 Å². The van der Waals surface area contributed by atoms with Crippen LogP contribution in [-0.4, -0.2) is 26.2 Å². The molecule has 0 unspecified atom stereocenters. The van der Waals surface area contributed by atoms with Gasteiger partial charge in [-0.25, -0.2) is 0 Å². The maximum atomic E-state index is 12.0. The summed E-state index contributed by atoms with van der Waals surface area (Å²) in [6.07, 6.45) is 5.84. The normalized spacial score (nSPS) is 10.1. The van der Waals surface area contributed by atoms with Crippen LogP contribution in [0.25, 0.3) is 22.3 Å². The molecule has 140 valence electrons. The number of para-hydroxylation sites is 1. The van der Waals surface area contributed by atoms with Gasteiger partial charge < -0.3 is 9.52 Å². The van der Waals surface area contributed by atoms with Gasteiger partial charge >= 0.3 is 69.5 Å². The fourth-order valence-electron chi connectivity index (χ4n) is 2.65. The van der Waals surface area contributed by atoms with E-state index in [1.54, 1.807) is 45.3 Å². The quantitative estimate of drug-likeness (QED) is 0.326. The molecule has 0 bridgehead atoms. The molecule has 0 fully saturated rings. The molecule has 1 heterocycles. The minimum atomic E-state index is -0.407. The second-order valence-corrected chi connectivity index (χ2v) is 10.7. The molecular weight excluding hydrogens is 443 g/mol. The number of unbranched alkanes of at least 4 members (excludes halogenated alkanes) is 2. The topological polar surface area (TPSA) is 50.4 Å². The first-order valence-electron chi connectivity index (χ1n) is 9.70. The van der Waals surface area contributed by atoms with Crippen LogP contribution in [0.3, 0.4) is 0 Å². The van der Waals surface area contributed by atoms with Crippen LogP contribution in [0.5, 0.6) is 5.75 Å². The first kappa shape index (κ1) is 21.5. The van der Waals surface area contributed by atoms with Crippen molar-refractivity contribution in [2.24, 2.45) is 0 Å². The molecule has 0 aliphatic heterocycles. The number of hydrogen-bond donors (Lipinski definition) is 1. The Kier molecular flexibility index (Phi) is 9.46. The largest absolute Gasteiger partial charge is 0.502 e. The SMILES string of the molecule is CCC[CH2][Sn+2][CH2]CCC.O=c1c(O)c(-c2ccccc2)oc2ccccc12. The molecule has 0 spiro atoms. The van der Waals surface area contributed by atoms with Crippen molar-refractivity contribution in [2.75, 3.05) is 0 Å². The first-order chi connectivity index (χ1) is 13.2. The number of rotatable bonds is 7. The van der Waals surface area contributed by atoms with Crippen molar-refractivity contribution in [3.8, 4) is 17.1 Å². The molecule has 0 amide bonds. The smallest absolute Gasteiger partial charge is 0.235 e. The predicted molar refractivity (Wildman–Crippen MR) is 115 cm³/mol. The third kappa shape index (κ3) is 6.42. The molecule has 0 saturated heterocycles. The number of aromatic hydroxyl groups is 1. The van der Waals surface area contributed by atoms with Gasteiger partial charge in [-0.2, -0.15) is 0 Å². The Bertz CT molecular complexity index is 866. The van der Waals surface area contributed by atoms with E-state index in [0.29, 0.717) is 16.5 Å². The Morgan fingerprint density at radius 3 is 2.11 bits per heavy atom. The van der Waals surface area contributed by atoms with Crippen LogP contribution < -0.4 is 5.43 Å². The fraction of sp³-hybridized carbons (Fsp3) is 0.348. The Morgan fingerprint density at radius 2 is 1.48 bits per heavy atom. The summed E-state index contributed by atoms with van der Waals surface area (Å²) in [7, 11) is 0. The Labute approximate surface area is 171 Å². The molecule has 0 atom stereocenters. The zero-order valence-corrected chi connectivity index (χ0v) is 19.1. The van der Waals surface area contributed by atoms with Gasteiger partial charge in [0, 0.05) is 5.56 Å². The van der Waals surface area contributed by atoms with Gasteiger partial charge in [-0.05, 0) is 12.1 Å². The Morgan fingerprint density at radius 1 is 0.889 bits per heavy atom. The Hall–Kier alpha value is -1.75. The molecule has 27 heavy (non-hydrogen) atoms. The summed E-state index contributed by atoms with van der Waals surface area (Å²) in [6.45, 7) is 4.58. The van der Waals surface area contributed by atoms with Gasteiger partial charge in [0.05, 0.1) is 5.39 Å². The van der Waals surface area contributed by atoms with Crippen molar-refractivity contribution in [1.82, 2.24) is 0 Å². The molecule has 1 N–H and O–H groups in total. The van der Waals surface area contributed by atoms with Crippen LogP contribution in [0.15, 0.2) is 63.8 Å². The molecule has 0 aliphatic carbocycles. The minimum absolute atomic E-state index is 0.149. The average Bonchev–Trinajstić information content (AvgIpc) is 2.72. The van der Waals surface area contributed by atoms with Crippen molar-refractivity contribution < 1.29 is 9.52 Å². The maximum absolute atomic E-state index is 12.0. The summed E-state index contributed by atoms with van der Waals surface area (Å²) < 4.78 is 8.86. The van der Waals surface area contributed by atoms with Crippen LogP contribution in [0.4, 0.5) is 0 Å². The fourth-order valence-corrected chi connectivity index (χ4v) is 6.80. The van der Waals surface area contributed by atoms with Crippen LogP contribution in [0, 0.1) is 0 Å². The second kappa shape index (κ2) is 11.9. The van der Waals surface area contributed by atoms with E-state index < -0.39 is 5.43 Å². The van der Waals surface area contributed by atoms with E-state index in [2.05, 4.69) is 13.8 Å². The molecule has 2 aromatic carbocycles.